The monoisotopic (exact) mass is 333 g/mol. The van der Waals surface area contributed by atoms with Gasteiger partial charge in [0.05, 0.1) is 12.6 Å². The normalized spacial score (nSPS) is 12.3. The van der Waals surface area contributed by atoms with Gasteiger partial charge in [0.25, 0.3) is 0 Å². The second-order valence-electron chi connectivity index (χ2n) is 5.59. The second-order valence-corrected chi connectivity index (χ2v) is 5.59. The molecule has 2 aromatic carbocycles. The van der Waals surface area contributed by atoms with Crippen molar-refractivity contribution in [2.75, 3.05) is 20.1 Å². The molecule has 5 N–H and O–H groups in total. The Labute approximate surface area is 138 Å². The van der Waals surface area contributed by atoms with Crippen LogP contribution in [-0.2, 0) is 0 Å². The molecule has 1 unspecified atom stereocenters. The number of aromatic hydroxyl groups is 4. The third-order valence-electron chi connectivity index (χ3n) is 3.58. The van der Waals surface area contributed by atoms with Gasteiger partial charge in [-0.15, -0.1) is 0 Å². The summed E-state index contributed by atoms with van der Waals surface area (Å²) in [6.07, 6.45) is -0.956. The van der Waals surface area contributed by atoms with Crippen LogP contribution >= 0.6 is 0 Å². The van der Waals surface area contributed by atoms with E-state index in [1.807, 2.05) is 0 Å². The highest BCUT2D eigenvalue weighted by molar-refractivity contribution is 5.98. The third kappa shape index (κ3) is 4.15. The Hall–Kier alpha value is -2.77. The molecule has 0 bridgehead atoms. The van der Waals surface area contributed by atoms with Crippen LogP contribution in [0.25, 0.3) is 0 Å². The largest absolute Gasteiger partial charge is 0.504 e. The molecule has 0 aliphatic heterocycles. The summed E-state index contributed by atoms with van der Waals surface area (Å²) in [6, 6.07) is 7.83. The number of aliphatic hydroxyl groups excluding tert-OH is 1. The van der Waals surface area contributed by atoms with Gasteiger partial charge in [-0.3, -0.25) is 9.69 Å². The molecule has 0 spiro atoms. The predicted octanol–water partition coefficient (Wildman–Crippen LogP) is 1.36. The summed E-state index contributed by atoms with van der Waals surface area (Å²) in [5.41, 5.74) is 0.654. The molecular weight excluding hydrogens is 314 g/mol. The Morgan fingerprint density at radius 3 is 2.12 bits per heavy atom. The molecule has 0 heterocycles. The van der Waals surface area contributed by atoms with Crippen molar-refractivity contribution < 1.29 is 30.3 Å². The highest BCUT2D eigenvalue weighted by Gasteiger charge is 2.16. The van der Waals surface area contributed by atoms with Crippen molar-refractivity contribution in [1.82, 2.24) is 4.90 Å². The van der Waals surface area contributed by atoms with Crippen LogP contribution < -0.4 is 0 Å². The van der Waals surface area contributed by atoms with Crippen molar-refractivity contribution in [3.05, 3.63) is 47.5 Å². The molecule has 128 valence electrons. The number of carbonyl (C=O) groups is 1. The Balaban J connectivity index is 1.98. The first kappa shape index (κ1) is 17.6. The number of hydrogen-bond acceptors (Lipinski definition) is 7. The van der Waals surface area contributed by atoms with Gasteiger partial charge < -0.3 is 25.5 Å². The van der Waals surface area contributed by atoms with Crippen LogP contribution in [0.15, 0.2) is 36.4 Å². The molecule has 0 saturated heterocycles. The molecule has 7 heteroatoms. The molecule has 24 heavy (non-hydrogen) atoms. The van der Waals surface area contributed by atoms with Gasteiger partial charge in [0.2, 0.25) is 0 Å². The SMILES string of the molecule is CN(CC(=O)c1ccc(O)c(O)c1)CC(O)c1ccc(O)c(O)c1. The van der Waals surface area contributed by atoms with E-state index >= 15 is 0 Å². The van der Waals surface area contributed by atoms with Gasteiger partial charge in [0, 0.05) is 12.1 Å². The Morgan fingerprint density at radius 2 is 1.54 bits per heavy atom. The van der Waals surface area contributed by atoms with Crippen LogP contribution in [0.3, 0.4) is 0 Å². The van der Waals surface area contributed by atoms with E-state index in [9.17, 15) is 30.3 Å². The minimum Gasteiger partial charge on any atom is -0.504 e. The van der Waals surface area contributed by atoms with Gasteiger partial charge in [0.15, 0.2) is 28.8 Å². The zero-order valence-corrected chi connectivity index (χ0v) is 13.0. The topological polar surface area (TPSA) is 121 Å². The number of carbonyl (C=O) groups excluding carboxylic acids is 1. The molecule has 7 nitrogen and oxygen atoms in total. The number of benzene rings is 2. The predicted molar refractivity (Wildman–Crippen MR) is 86.3 cm³/mol. The summed E-state index contributed by atoms with van der Waals surface area (Å²) < 4.78 is 0. The van der Waals surface area contributed by atoms with Crippen LogP contribution in [0.2, 0.25) is 0 Å². The van der Waals surface area contributed by atoms with Crippen LogP contribution in [-0.4, -0.2) is 56.4 Å². The second kappa shape index (κ2) is 7.20. The van der Waals surface area contributed by atoms with Gasteiger partial charge in [-0.2, -0.15) is 0 Å². The number of hydrogen-bond donors (Lipinski definition) is 5. The van der Waals surface area contributed by atoms with Crippen LogP contribution in [0, 0.1) is 0 Å². The maximum absolute atomic E-state index is 12.1. The average molecular weight is 333 g/mol. The summed E-state index contributed by atoms with van der Waals surface area (Å²) in [5, 5.41) is 47.6. The Morgan fingerprint density at radius 1 is 0.958 bits per heavy atom. The van der Waals surface area contributed by atoms with Gasteiger partial charge in [-0.1, -0.05) is 6.07 Å². The maximum atomic E-state index is 12.1. The third-order valence-corrected chi connectivity index (χ3v) is 3.58. The number of likely N-dealkylation sites (N-methyl/N-ethyl adjacent to an activating group) is 1. The highest BCUT2D eigenvalue weighted by Crippen LogP contribution is 2.28. The van der Waals surface area contributed by atoms with E-state index < -0.39 is 6.10 Å². The molecule has 1 atom stereocenters. The van der Waals surface area contributed by atoms with Crippen molar-refractivity contribution in [2.24, 2.45) is 0 Å². The lowest BCUT2D eigenvalue weighted by molar-refractivity contribution is 0.0881. The van der Waals surface area contributed by atoms with Crippen molar-refractivity contribution in [3.63, 3.8) is 0 Å². The van der Waals surface area contributed by atoms with E-state index in [-0.39, 0.29) is 47.4 Å². The number of aliphatic hydroxyl groups is 1. The fourth-order valence-corrected chi connectivity index (χ4v) is 2.25. The first-order valence-corrected chi connectivity index (χ1v) is 7.21. The molecule has 0 amide bonds. The number of rotatable bonds is 6. The molecule has 0 radical (unpaired) electrons. The lowest BCUT2D eigenvalue weighted by atomic mass is 10.1. The van der Waals surface area contributed by atoms with E-state index in [0.29, 0.717) is 5.56 Å². The number of phenolic OH excluding ortho intramolecular Hbond substituents is 4. The van der Waals surface area contributed by atoms with E-state index in [2.05, 4.69) is 0 Å². The minimum atomic E-state index is -0.956. The van der Waals surface area contributed by atoms with Crippen LogP contribution in [0.1, 0.15) is 22.0 Å². The summed E-state index contributed by atoms with van der Waals surface area (Å²) in [5.74, 6) is -1.56. The number of ketones is 1. The van der Waals surface area contributed by atoms with E-state index in [1.54, 1.807) is 11.9 Å². The molecule has 2 rings (SSSR count). The number of nitrogens with zero attached hydrogens (tertiary/aromatic N) is 1. The molecule has 0 aromatic heterocycles. The lowest BCUT2D eigenvalue weighted by Gasteiger charge is -2.20. The van der Waals surface area contributed by atoms with Gasteiger partial charge in [-0.05, 0) is 42.9 Å². The lowest BCUT2D eigenvalue weighted by Crippen LogP contribution is -2.30. The van der Waals surface area contributed by atoms with Crippen LogP contribution in [0.4, 0.5) is 0 Å². The summed E-state index contributed by atoms with van der Waals surface area (Å²) in [7, 11) is 1.64. The maximum Gasteiger partial charge on any atom is 0.176 e. The quantitative estimate of drug-likeness (QED) is 0.400. The summed E-state index contributed by atoms with van der Waals surface area (Å²) in [6.45, 7) is 0.116. The van der Waals surface area contributed by atoms with Crippen molar-refractivity contribution in [2.45, 2.75) is 6.10 Å². The Bertz CT molecular complexity index is 746. The average Bonchev–Trinajstić information content (AvgIpc) is 2.52. The van der Waals surface area contributed by atoms with E-state index in [1.165, 1.54) is 36.4 Å². The molecule has 0 saturated carbocycles. The number of phenols is 4. The smallest absolute Gasteiger partial charge is 0.176 e. The fraction of sp³-hybridized carbons (Fsp3) is 0.235. The fourth-order valence-electron chi connectivity index (χ4n) is 2.25. The zero-order valence-electron chi connectivity index (χ0n) is 13.0. The van der Waals surface area contributed by atoms with Gasteiger partial charge >= 0.3 is 0 Å². The highest BCUT2D eigenvalue weighted by atomic mass is 16.3. The molecular formula is C17H19NO6. The van der Waals surface area contributed by atoms with Crippen molar-refractivity contribution >= 4 is 5.78 Å². The number of Topliss-reactive ketones (excluding diaryl/α,β-unsaturated/α-hetero) is 1. The molecule has 0 aliphatic carbocycles. The van der Waals surface area contributed by atoms with Crippen molar-refractivity contribution in [1.29, 1.82) is 0 Å². The summed E-state index contributed by atoms with van der Waals surface area (Å²) >= 11 is 0. The van der Waals surface area contributed by atoms with Crippen LogP contribution in [0.5, 0.6) is 23.0 Å². The molecule has 0 fully saturated rings. The van der Waals surface area contributed by atoms with E-state index in [4.69, 9.17) is 0 Å². The minimum absolute atomic E-state index is 0.00859. The van der Waals surface area contributed by atoms with E-state index in [0.717, 1.165) is 0 Å². The Kier molecular flexibility index (Phi) is 5.28. The molecule has 0 aliphatic rings. The first-order chi connectivity index (χ1) is 11.3. The van der Waals surface area contributed by atoms with Gasteiger partial charge in [-0.25, -0.2) is 0 Å². The standard InChI is InChI=1S/C17H19NO6/c1-18(8-16(23)10-2-4-12(19)14(21)6-10)9-17(24)11-3-5-13(20)15(22)7-11/h2-7,16,19-23H,8-9H2,1H3. The van der Waals surface area contributed by atoms with Gasteiger partial charge in [0.1, 0.15) is 0 Å². The zero-order chi connectivity index (χ0) is 17.9. The van der Waals surface area contributed by atoms with Crippen molar-refractivity contribution in [3.8, 4) is 23.0 Å². The molecule has 2 aromatic rings. The summed E-state index contributed by atoms with van der Waals surface area (Å²) in [4.78, 5) is 13.7. The first-order valence-electron chi connectivity index (χ1n) is 7.21.